The SMILES string of the molecule is C=Cc1ccc(N2c3ccccc3C3(c4ccccc4C(=O)c4ccccc43)c3ccccc32)cc1.O=C1c2ccccc2C2(c3ccccc31)c1ccccc1N(c1ccccc1)c1ccccc12.O=Cc1ccc(N2c3ccccc3C3(c4ccccc4C(=O)c4ccccc43)c3ccccc32)cc1. The number of aldehydes is 1. The fourth-order valence-electron chi connectivity index (χ4n) is 18.3. The third-order valence-electron chi connectivity index (χ3n) is 22.4. The number of nitrogens with zero attached hydrogens (tertiary/aromatic N) is 3. The average Bonchev–Trinajstić information content (AvgIpc) is 0.692. The van der Waals surface area contributed by atoms with Gasteiger partial charge in [-0.1, -0.05) is 298 Å². The fraction of sp³-hybridized carbons (Fsp3) is 0.0303. The molecule has 0 atom stereocenters. The molecule has 21 rings (SSSR count). The van der Waals surface area contributed by atoms with Crippen molar-refractivity contribution in [1.29, 1.82) is 0 Å². The van der Waals surface area contributed by atoms with E-state index in [9.17, 15) is 19.2 Å². The van der Waals surface area contributed by atoms with E-state index in [4.69, 9.17) is 0 Å². The summed E-state index contributed by atoms with van der Waals surface area (Å²) in [5, 5.41) is 0. The molecule has 0 radical (unpaired) electrons. The molecule has 15 aromatic rings. The van der Waals surface area contributed by atoms with Crippen molar-refractivity contribution in [3.8, 4) is 0 Å². The number of anilines is 9. The number of carbonyl (C=O) groups excluding carboxylic acids is 4. The first kappa shape index (κ1) is 63.1. The van der Waals surface area contributed by atoms with Crippen molar-refractivity contribution in [2.45, 2.75) is 16.2 Å². The number of carbonyl (C=O) groups is 4. The van der Waals surface area contributed by atoms with Crippen LogP contribution in [-0.4, -0.2) is 23.6 Å². The molecule has 500 valence electrons. The molecule has 7 heteroatoms. The van der Waals surface area contributed by atoms with Crippen LogP contribution in [0.25, 0.3) is 6.08 Å². The molecule has 3 spiro atoms. The summed E-state index contributed by atoms with van der Waals surface area (Å²) in [7, 11) is 0. The molecular formula is C99H65N3O4. The van der Waals surface area contributed by atoms with Crippen LogP contribution < -0.4 is 14.7 Å². The Balaban J connectivity index is 0.000000109. The van der Waals surface area contributed by atoms with Crippen molar-refractivity contribution in [3.63, 3.8) is 0 Å². The summed E-state index contributed by atoms with van der Waals surface area (Å²) >= 11 is 0. The Morgan fingerprint density at radius 1 is 0.208 bits per heavy atom. The van der Waals surface area contributed by atoms with Gasteiger partial charge in [0.25, 0.3) is 0 Å². The first-order valence-electron chi connectivity index (χ1n) is 35.8. The zero-order chi connectivity index (χ0) is 71.3. The highest BCUT2D eigenvalue weighted by Crippen LogP contribution is 2.64. The van der Waals surface area contributed by atoms with Crippen LogP contribution in [0.4, 0.5) is 51.2 Å². The zero-order valence-corrected chi connectivity index (χ0v) is 57.6. The normalized spacial score (nSPS) is 14.5. The van der Waals surface area contributed by atoms with Crippen molar-refractivity contribution in [3.05, 3.63) is 488 Å². The van der Waals surface area contributed by atoms with Gasteiger partial charge < -0.3 is 14.7 Å². The zero-order valence-electron chi connectivity index (χ0n) is 57.6. The van der Waals surface area contributed by atoms with E-state index in [-0.39, 0.29) is 17.3 Å². The predicted octanol–water partition coefficient (Wildman–Crippen LogP) is 22.6. The van der Waals surface area contributed by atoms with Gasteiger partial charge in [0.15, 0.2) is 17.3 Å². The summed E-state index contributed by atoms with van der Waals surface area (Å²) in [6.07, 6.45) is 2.73. The molecule has 3 heterocycles. The molecule has 0 fully saturated rings. The number of para-hydroxylation sites is 7. The van der Waals surface area contributed by atoms with E-state index in [0.29, 0.717) is 5.56 Å². The van der Waals surface area contributed by atoms with Crippen LogP contribution in [0.1, 0.15) is 130 Å². The van der Waals surface area contributed by atoms with Gasteiger partial charge >= 0.3 is 0 Å². The van der Waals surface area contributed by atoms with Crippen LogP contribution in [0.15, 0.2) is 377 Å². The standard InChI is InChI=1S/C34H23NO.C33H21NO2.C32H21NO/c1-2-23-19-21-24(22-20-23)35-31-17-9-7-15-29(31)34(30-16-8-10-18-32(30)35)27-13-5-3-11-25(27)33(36)26-12-4-6-14-28(26)34;35-21-22-17-19-23(20-18-22)34-30-15-7-5-13-28(30)33(29-14-6-8-16-31(29)34)26-11-3-1-9-24(26)32(36)25-10-2-4-12-27(25)33;34-31-23-14-4-6-16-25(23)32(26-17-7-5-15-24(26)31)27-18-8-10-20-29(27)33(22-12-2-1-3-13-22)30-21-11-9-19-28(30)32/h2-22H,1H2;1-21H;1-21H. The number of hydrogen-bond donors (Lipinski definition) is 0. The van der Waals surface area contributed by atoms with Gasteiger partial charge in [-0.2, -0.15) is 0 Å². The summed E-state index contributed by atoms with van der Waals surface area (Å²) < 4.78 is 0. The first-order chi connectivity index (χ1) is 52.3. The van der Waals surface area contributed by atoms with Crippen LogP contribution in [-0.2, 0) is 16.2 Å². The highest BCUT2D eigenvalue weighted by molar-refractivity contribution is 6.17. The van der Waals surface area contributed by atoms with Crippen LogP contribution in [0, 0.1) is 0 Å². The number of fused-ring (bicyclic) bond motifs is 24. The Morgan fingerprint density at radius 3 is 0.623 bits per heavy atom. The molecule has 0 saturated heterocycles. The van der Waals surface area contributed by atoms with E-state index in [1.165, 1.54) is 22.3 Å². The maximum absolute atomic E-state index is 13.7. The quantitative estimate of drug-likeness (QED) is 0.159. The highest BCUT2D eigenvalue weighted by Gasteiger charge is 2.55. The molecule has 0 amide bonds. The number of benzene rings is 15. The second-order valence-electron chi connectivity index (χ2n) is 27.5. The van der Waals surface area contributed by atoms with E-state index >= 15 is 0 Å². The molecule has 106 heavy (non-hydrogen) atoms. The average molecular weight is 1360 g/mol. The molecule has 0 N–H and O–H groups in total. The van der Waals surface area contributed by atoms with Crippen molar-refractivity contribution in [2.75, 3.05) is 14.7 Å². The van der Waals surface area contributed by atoms with Gasteiger partial charge in [0.1, 0.15) is 6.29 Å². The third kappa shape index (κ3) is 8.99. The highest BCUT2D eigenvalue weighted by atomic mass is 16.1. The van der Waals surface area contributed by atoms with Gasteiger partial charge in [0.2, 0.25) is 0 Å². The maximum Gasteiger partial charge on any atom is 0.193 e. The summed E-state index contributed by atoms with van der Waals surface area (Å²) in [4.78, 5) is 59.2. The summed E-state index contributed by atoms with van der Waals surface area (Å²) in [5.74, 6) is 0.246. The summed E-state index contributed by atoms with van der Waals surface area (Å²) in [6, 6.07) is 127. The van der Waals surface area contributed by atoms with E-state index < -0.39 is 16.2 Å². The van der Waals surface area contributed by atoms with Gasteiger partial charge in [0.05, 0.1) is 50.4 Å². The van der Waals surface area contributed by atoms with Crippen molar-refractivity contribution in [1.82, 2.24) is 0 Å². The lowest BCUT2D eigenvalue weighted by Crippen LogP contribution is -2.42. The Labute approximate surface area is 615 Å². The molecule has 0 saturated carbocycles. The molecule has 3 aliphatic carbocycles. The number of hydrogen-bond acceptors (Lipinski definition) is 7. The summed E-state index contributed by atoms with van der Waals surface area (Å²) in [5.41, 5.74) is 27.4. The van der Waals surface area contributed by atoms with Gasteiger partial charge in [-0.3, -0.25) is 19.2 Å². The van der Waals surface area contributed by atoms with E-state index in [0.717, 1.165) is 141 Å². The van der Waals surface area contributed by atoms with Crippen LogP contribution >= 0.6 is 0 Å². The van der Waals surface area contributed by atoms with E-state index in [2.05, 4.69) is 264 Å². The molecular weight excluding hydrogens is 1300 g/mol. The third-order valence-corrected chi connectivity index (χ3v) is 22.4. The number of ketones is 3. The van der Waals surface area contributed by atoms with Gasteiger partial charge in [-0.25, -0.2) is 0 Å². The van der Waals surface area contributed by atoms with E-state index in [1.807, 2.05) is 133 Å². The minimum Gasteiger partial charge on any atom is -0.310 e. The lowest BCUT2D eigenvalue weighted by Gasteiger charge is -2.48. The Morgan fingerprint density at radius 2 is 0.396 bits per heavy atom. The second-order valence-corrected chi connectivity index (χ2v) is 27.5. The van der Waals surface area contributed by atoms with Crippen LogP contribution in [0.3, 0.4) is 0 Å². The molecule has 0 aromatic heterocycles. The Bertz CT molecular complexity index is 5580. The minimum atomic E-state index is -0.645. The topological polar surface area (TPSA) is 78.0 Å². The fourth-order valence-corrected chi connectivity index (χ4v) is 18.3. The Hall–Kier alpha value is -13.9. The van der Waals surface area contributed by atoms with Gasteiger partial charge in [0, 0.05) is 56.0 Å². The lowest BCUT2D eigenvalue weighted by molar-refractivity contribution is 0.102. The second kappa shape index (κ2) is 25.0. The monoisotopic (exact) mass is 1360 g/mol. The molecule has 7 nitrogen and oxygen atoms in total. The predicted molar refractivity (Wildman–Crippen MR) is 425 cm³/mol. The molecule has 6 aliphatic rings. The maximum atomic E-state index is 13.7. The Kier molecular flexibility index (Phi) is 14.9. The molecule has 15 aromatic carbocycles. The van der Waals surface area contributed by atoms with Crippen LogP contribution in [0.5, 0.6) is 0 Å². The van der Waals surface area contributed by atoms with E-state index in [1.54, 1.807) is 0 Å². The summed E-state index contributed by atoms with van der Waals surface area (Å²) in [6.45, 7) is 3.91. The number of rotatable bonds is 5. The molecule has 0 bridgehead atoms. The molecule has 3 aliphatic heterocycles. The van der Waals surface area contributed by atoms with Gasteiger partial charge in [-0.15, -0.1) is 0 Å². The first-order valence-corrected chi connectivity index (χ1v) is 35.8. The van der Waals surface area contributed by atoms with Crippen molar-refractivity contribution >= 4 is 80.9 Å². The minimum absolute atomic E-state index is 0.0636. The van der Waals surface area contributed by atoms with Gasteiger partial charge in [-0.05, 0) is 157 Å². The van der Waals surface area contributed by atoms with Crippen molar-refractivity contribution in [2.24, 2.45) is 0 Å². The largest absolute Gasteiger partial charge is 0.310 e. The molecule has 0 unspecified atom stereocenters. The van der Waals surface area contributed by atoms with Crippen LogP contribution in [0.2, 0.25) is 0 Å². The lowest BCUT2D eigenvalue weighted by atomic mass is 9.57. The smallest absolute Gasteiger partial charge is 0.193 e. The van der Waals surface area contributed by atoms with Crippen molar-refractivity contribution < 1.29 is 19.2 Å².